The fraction of sp³-hybridized carbons (Fsp3) is 0.158. The van der Waals surface area contributed by atoms with Crippen LogP contribution in [0.3, 0.4) is 0 Å². The van der Waals surface area contributed by atoms with E-state index in [2.05, 4.69) is 21.4 Å². The Labute approximate surface area is 188 Å². The van der Waals surface area contributed by atoms with Gasteiger partial charge in [-0.1, -0.05) is 12.1 Å². The van der Waals surface area contributed by atoms with Crippen LogP contribution in [0.2, 0.25) is 5.28 Å². The second kappa shape index (κ2) is 11.8. The van der Waals surface area contributed by atoms with E-state index in [-0.39, 0.29) is 42.5 Å². The Morgan fingerprint density at radius 1 is 1.00 bits per heavy atom. The lowest BCUT2D eigenvalue weighted by Crippen LogP contribution is -2.02. The predicted molar refractivity (Wildman–Crippen MR) is 126 cm³/mol. The van der Waals surface area contributed by atoms with E-state index in [9.17, 15) is 0 Å². The van der Waals surface area contributed by atoms with E-state index in [1.807, 2.05) is 43.3 Å². The number of hydrogen-bond donors (Lipinski definition) is 3. The quantitative estimate of drug-likeness (QED) is 0.349. The lowest BCUT2D eigenvalue weighted by molar-refractivity contribution is 0.964. The van der Waals surface area contributed by atoms with Crippen molar-refractivity contribution in [2.24, 2.45) is 0 Å². The molecule has 3 rings (SSSR count). The minimum Gasteiger partial charge on any atom is -0.399 e. The molecule has 0 amide bonds. The minimum atomic E-state index is 0. The monoisotopic (exact) mass is 461 g/mol. The summed E-state index contributed by atoms with van der Waals surface area (Å²) >= 11 is 5.88. The van der Waals surface area contributed by atoms with E-state index in [0.29, 0.717) is 5.82 Å². The Morgan fingerprint density at radius 3 is 2.46 bits per heavy atom. The van der Waals surface area contributed by atoms with Gasteiger partial charge in [0.05, 0.1) is 0 Å². The van der Waals surface area contributed by atoms with Crippen LogP contribution in [0, 0.1) is 6.92 Å². The topological polar surface area (TPSA) is 89.8 Å². The van der Waals surface area contributed by atoms with Crippen molar-refractivity contribution >= 4 is 71.7 Å². The third-order valence-electron chi connectivity index (χ3n) is 3.98. The molecule has 0 spiro atoms. The largest absolute Gasteiger partial charge is 0.399 e. The molecule has 9 heteroatoms. The summed E-state index contributed by atoms with van der Waals surface area (Å²) in [7, 11) is 0. The van der Waals surface area contributed by atoms with Crippen LogP contribution in [0.5, 0.6) is 0 Å². The van der Waals surface area contributed by atoms with Crippen LogP contribution in [-0.2, 0) is 12.8 Å². The third-order valence-corrected chi connectivity index (χ3v) is 4.16. The van der Waals surface area contributed by atoms with Crippen molar-refractivity contribution in [3.63, 3.8) is 0 Å². The molecule has 5 N–H and O–H groups in total. The molecule has 1 aromatic heterocycles. The number of hydrogen-bond acceptors (Lipinski definition) is 5. The average Bonchev–Trinajstić information content (AvgIpc) is 2.58. The van der Waals surface area contributed by atoms with Gasteiger partial charge in [-0.3, -0.25) is 0 Å². The van der Waals surface area contributed by atoms with Crippen molar-refractivity contribution in [3.8, 4) is 0 Å². The number of rotatable bonds is 5. The highest BCUT2D eigenvalue weighted by atomic mass is 35.5. The SMILES string of the molecule is Cc1cnc(Cl)nc1Nc1ccc(N)c(CCc2cccc(N)c2)c1.Cl.Cl.Cl. The molecular formula is C19H23Cl4N5. The highest BCUT2D eigenvalue weighted by Gasteiger charge is 2.06. The number of aromatic nitrogens is 2. The Hall–Kier alpha value is -1.92. The summed E-state index contributed by atoms with van der Waals surface area (Å²) in [5, 5.41) is 3.49. The van der Waals surface area contributed by atoms with Crippen LogP contribution in [0.25, 0.3) is 0 Å². The van der Waals surface area contributed by atoms with Gasteiger partial charge in [0.15, 0.2) is 0 Å². The molecule has 0 saturated carbocycles. The molecular weight excluding hydrogens is 440 g/mol. The van der Waals surface area contributed by atoms with Crippen LogP contribution in [0.4, 0.5) is 22.9 Å². The van der Waals surface area contributed by atoms with Crippen molar-refractivity contribution < 1.29 is 0 Å². The number of nitrogens with zero attached hydrogens (tertiary/aromatic N) is 2. The minimum absolute atomic E-state index is 0. The van der Waals surface area contributed by atoms with Gasteiger partial charge in [0.25, 0.3) is 0 Å². The first kappa shape index (κ1) is 26.1. The van der Waals surface area contributed by atoms with Gasteiger partial charge >= 0.3 is 0 Å². The van der Waals surface area contributed by atoms with Crippen LogP contribution in [0.15, 0.2) is 48.7 Å². The standard InChI is InChI=1S/C19H20ClN5.3ClH/c1-12-11-23-19(20)25-18(12)24-16-7-8-17(22)14(10-16)6-5-13-3-2-4-15(21)9-13;;;/h2-4,7-11H,5-6,21-22H2,1H3,(H,23,24,25);3*1H. The maximum absolute atomic E-state index is 6.13. The Kier molecular flexibility index (Phi) is 11.0. The van der Waals surface area contributed by atoms with Crippen LogP contribution in [-0.4, -0.2) is 9.97 Å². The molecule has 0 unspecified atom stereocenters. The number of nitrogens with two attached hydrogens (primary N) is 2. The van der Waals surface area contributed by atoms with Gasteiger partial charge in [-0.2, -0.15) is 0 Å². The number of nitrogen functional groups attached to an aromatic ring is 2. The van der Waals surface area contributed by atoms with Crippen LogP contribution in [0.1, 0.15) is 16.7 Å². The Bertz CT molecular complexity index is 905. The number of benzene rings is 2. The smallest absolute Gasteiger partial charge is 0.224 e. The third kappa shape index (κ3) is 6.91. The maximum Gasteiger partial charge on any atom is 0.224 e. The Morgan fingerprint density at radius 2 is 1.75 bits per heavy atom. The number of anilines is 4. The van der Waals surface area contributed by atoms with E-state index in [4.69, 9.17) is 23.1 Å². The summed E-state index contributed by atoms with van der Waals surface area (Å²) in [4.78, 5) is 8.19. The highest BCUT2D eigenvalue weighted by Crippen LogP contribution is 2.24. The molecule has 5 nitrogen and oxygen atoms in total. The molecule has 0 aliphatic carbocycles. The van der Waals surface area contributed by atoms with Crippen molar-refractivity contribution in [2.45, 2.75) is 19.8 Å². The summed E-state index contributed by atoms with van der Waals surface area (Å²) in [6, 6.07) is 13.8. The maximum atomic E-state index is 6.13. The fourth-order valence-electron chi connectivity index (χ4n) is 2.61. The van der Waals surface area contributed by atoms with Gasteiger partial charge < -0.3 is 16.8 Å². The van der Waals surface area contributed by atoms with Gasteiger partial charge in [0.2, 0.25) is 5.28 Å². The molecule has 0 atom stereocenters. The van der Waals surface area contributed by atoms with Crippen molar-refractivity contribution in [3.05, 3.63) is 70.6 Å². The summed E-state index contributed by atoms with van der Waals surface area (Å²) in [6.07, 6.45) is 3.39. The second-order valence-electron chi connectivity index (χ2n) is 5.95. The lowest BCUT2D eigenvalue weighted by atomic mass is 10.0. The predicted octanol–water partition coefficient (Wildman–Crippen LogP) is 5.40. The van der Waals surface area contributed by atoms with E-state index in [1.165, 1.54) is 5.56 Å². The Balaban J connectivity index is 0.00000243. The molecule has 0 radical (unpaired) electrons. The molecule has 28 heavy (non-hydrogen) atoms. The zero-order chi connectivity index (χ0) is 17.8. The van der Waals surface area contributed by atoms with Gasteiger partial charge in [0, 0.05) is 28.8 Å². The molecule has 3 aromatic rings. The van der Waals surface area contributed by atoms with Crippen LogP contribution >= 0.6 is 48.8 Å². The number of aryl methyl sites for hydroxylation is 3. The van der Waals surface area contributed by atoms with E-state index in [0.717, 1.165) is 41.0 Å². The first-order chi connectivity index (χ1) is 12.0. The van der Waals surface area contributed by atoms with Crippen LogP contribution < -0.4 is 16.8 Å². The van der Waals surface area contributed by atoms with E-state index in [1.54, 1.807) is 6.20 Å². The molecule has 0 bridgehead atoms. The number of nitrogens with one attached hydrogen (secondary N) is 1. The van der Waals surface area contributed by atoms with Gasteiger partial charge in [-0.15, -0.1) is 37.2 Å². The zero-order valence-electron chi connectivity index (χ0n) is 15.2. The molecule has 0 fully saturated rings. The molecule has 0 aliphatic heterocycles. The van der Waals surface area contributed by atoms with Gasteiger partial charge in [0.1, 0.15) is 5.82 Å². The second-order valence-corrected chi connectivity index (χ2v) is 6.29. The molecule has 1 heterocycles. The summed E-state index contributed by atoms with van der Waals surface area (Å²) in [6.45, 7) is 1.93. The number of halogens is 4. The molecule has 0 aliphatic rings. The van der Waals surface area contributed by atoms with Gasteiger partial charge in [-0.25, -0.2) is 9.97 Å². The van der Waals surface area contributed by atoms with E-state index >= 15 is 0 Å². The van der Waals surface area contributed by atoms with Crippen molar-refractivity contribution in [1.82, 2.24) is 9.97 Å². The zero-order valence-corrected chi connectivity index (χ0v) is 18.4. The van der Waals surface area contributed by atoms with Crippen molar-refractivity contribution in [2.75, 3.05) is 16.8 Å². The molecule has 152 valence electrons. The normalized spacial score (nSPS) is 9.50. The summed E-state index contributed by atoms with van der Waals surface area (Å²) in [5.74, 6) is 0.687. The molecule has 2 aromatic carbocycles. The first-order valence-corrected chi connectivity index (χ1v) is 8.38. The average molecular weight is 463 g/mol. The molecule has 0 saturated heterocycles. The van der Waals surface area contributed by atoms with E-state index < -0.39 is 0 Å². The first-order valence-electron chi connectivity index (χ1n) is 8.00. The summed E-state index contributed by atoms with van der Waals surface area (Å²) < 4.78 is 0. The van der Waals surface area contributed by atoms with Gasteiger partial charge in [-0.05, 0) is 72.8 Å². The fourth-order valence-corrected chi connectivity index (χ4v) is 2.74. The van der Waals surface area contributed by atoms with Crippen molar-refractivity contribution in [1.29, 1.82) is 0 Å². The summed E-state index contributed by atoms with van der Waals surface area (Å²) in [5.41, 5.74) is 17.6. The lowest BCUT2D eigenvalue weighted by Gasteiger charge is -2.12. The highest BCUT2D eigenvalue weighted by molar-refractivity contribution is 6.28.